The van der Waals surface area contributed by atoms with Crippen LogP contribution in [0, 0.1) is 5.41 Å². The first-order valence-electron chi connectivity index (χ1n) is 8.64. The smallest absolute Gasteiger partial charge is 0.314 e. The molecule has 3 N–H and O–H groups in total. The summed E-state index contributed by atoms with van der Waals surface area (Å²) in [4.78, 5) is 13.3. The van der Waals surface area contributed by atoms with E-state index in [1.165, 1.54) is 5.56 Å². The Bertz CT molecular complexity index is 446. The summed E-state index contributed by atoms with van der Waals surface area (Å²) in [6, 6.07) is 10.1. The molecule has 4 nitrogen and oxygen atoms in total. The molecule has 4 heteroatoms. The molecule has 0 aliphatic heterocycles. The van der Waals surface area contributed by atoms with Gasteiger partial charge in [-0.3, -0.25) is 0 Å². The molecule has 23 heavy (non-hydrogen) atoms. The van der Waals surface area contributed by atoms with E-state index in [4.69, 9.17) is 5.73 Å². The van der Waals surface area contributed by atoms with Crippen molar-refractivity contribution in [2.75, 3.05) is 19.7 Å². The zero-order chi connectivity index (χ0) is 17.1. The molecule has 1 rings (SSSR count). The van der Waals surface area contributed by atoms with Gasteiger partial charge in [0.1, 0.15) is 0 Å². The Hall–Kier alpha value is -1.55. The van der Waals surface area contributed by atoms with E-state index in [9.17, 15) is 9.90 Å². The lowest BCUT2D eigenvalue weighted by Gasteiger charge is -2.23. The lowest BCUT2D eigenvalue weighted by atomic mass is 9.88. The van der Waals surface area contributed by atoms with Crippen molar-refractivity contribution in [3.8, 4) is 0 Å². The van der Waals surface area contributed by atoms with Crippen LogP contribution in [-0.2, 0) is 6.42 Å². The summed E-state index contributed by atoms with van der Waals surface area (Å²) >= 11 is 0. The monoisotopic (exact) mass is 320 g/mol. The third-order valence-electron chi connectivity index (χ3n) is 4.26. The summed E-state index contributed by atoms with van der Waals surface area (Å²) in [7, 11) is 0. The molecule has 1 aromatic carbocycles. The fraction of sp³-hybridized carbons (Fsp3) is 0.632. The van der Waals surface area contributed by atoms with E-state index in [2.05, 4.69) is 38.1 Å². The van der Waals surface area contributed by atoms with Gasteiger partial charge < -0.3 is 15.7 Å². The average molecular weight is 320 g/mol. The van der Waals surface area contributed by atoms with Crippen LogP contribution in [0.1, 0.15) is 51.5 Å². The van der Waals surface area contributed by atoms with Gasteiger partial charge in [-0.1, -0.05) is 50.6 Å². The van der Waals surface area contributed by atoms with Crippen LogP contribution >= 0.6 is 0 Å². The van der Waals surface area contributed by atoms with Gasteiger partial charge in [0.15, 0.2) is 0 Å². The molecular formula is C19H32N2O2. The van der Waals surface area contributed by atoms with E-state index < -0.39 is 0 Å². The largest absolute Gasteiger partial charge is 0.396 e. The topological polar surface area (TPSA) is 66.6 Å². The number of urea groups is 1. The van der Waals surface area contributed by atoms with Crippen LogP contribution in [0.25, 0.3) is 0 Å². The SMILES string of the molecule is CC(C)(CO)CCCCN(CCCCc1ccccc1)C(N)=O. The van der Waals surface area contributed by atoms with Crippen LogP contribution in [0.15, 0.2) is 30.3 Å². The average Bonchev–Trinajstić information content (AvgIpc) is 2.54. The number of carbonyl (C=O) groups excluding carboxylic acids is 1. The van der Waals surface area contributed by atoms with Crippen molar-refractivity contribution < 1.29 is 9.90 Å². The molecule has 0 atom stereocenters. The summed E-state index contributed by atoms with van der Waals surface area (Å²) in [5, 5.41) is 9.24. The predicted octanol–water partition coefficient (Wildman–Crippen LogP) is 3.58. The molecule has 0 saturated heterocycles. The van der Waals surface area contributed by atoms with Crippen molar-refractivity contribution in [2.24, 2.45) is 11.1 Å². The molecule has 0 heterocycles. The van der Waals surface area contributed by atoms with Crippen LogP contribution in [-0.4, -0.2) is 35.7 Å². The molecule has 0 fully saturated rings. The van der Waals surface area contributed by atoms with Crippen LogP contribution < -0.4 is 5.73 Å². The molecular weight excluding hydrogens is 288 g/mol. The van der Waals surface area contributed by atoms with E-state index >= 15 is 0 Å². The number of primary amides is 1. The normalized spacial score (nSPS) is 11.4. The highest BCUT2D eigenvalue weighted by molar-refractivity contribution is 5.71. The first kappa shape index (κ1) is 19.5. The molecule has 0 aromatic heterocycles. The molecule has 0 aliphatic rings. The number of hydrogen-bond donors (Lipinski definition) is 2. The van der Waals surface area contributed by atoms with Crippen LogP contribution in [0.2, 0.25) is 0 Å². The second-order valence-corrected chi connectivity index (χ2v) is 7.05. The molecule has 0 aliphatic carbocycles. The molecule has 0 bridgehead atoms. The molecule has 0 spiro atoms. The van der Waals surface area contributed by atoms with Gasteiger partial charge in [0, 0.05) is 19.7 Å². The number of carbonyl (C=O) groups is 1. The number of nitrogens with two attached hydrogens (primary N) is 1. The summed E-state index contributed by atoms with van der Waals surface area (Å²) in [6.45, 7) is 5.75. The Morgan fingerprint density at radius 3 is 2.26 bits per heavy atom. The molecule has 2 amide bonds. The number of benzene rings is 1. The maximum Gasteiger partial charge on any atom is 0.314 e. The van der Waals surface area contributed by atoms with Crippen LogP contribution in [0.3, 0.4) is 0 Å². The third kappa shape index (κ3) is 8.60. The molecule has 0 saturated carbocycles. The van der Waals surface area contributed by atoms with Gasteiger partial charge in [-0.2, -0.15) is 0 Å². The number of aliphatic hydroxyl groups excluding tert-OH is 1. The van der Waals surface area contributed by atoms with Crippen molar-refractivity contribution in [1.82, 2.24) is 4.90 Å². The van der Waals surface area contributed by atoms with E-state index in [1.54, 1.807) is 4.90 Å². The maximum absolute atomic E-state index is 11.5. The van der Waals surface area contributed by atoms with Gasteiger partial charge in [0.25, 0.3) is 0 Å². The number of aliphatic hydroxyl groups is 1. The Kier molecular flexibility index (Phi) is 8.70. The summed E-state index contributed by atoms with van der Waals surface area (Å²) < 4.78 is 0. The van der Waals surface area contributed by atoms with E-state index in [0.29, 0.717) is 6.54 Å². The van der Waals surface area contributed by atoms with Crippen molar-refractivity contribution in [3.63, 3.8) is 0 Å². The number of nitrogens with zero attached hydrogens (tertiary/aromatic N) is 1. The van der Waals surface area contributed by atoms with Crippen LogP contribution in [0.5, 0.6) is 0 Å². The van der Waals surface area contributed by atoms with E-state index in [-0.39, 0.29) is 18.1 Å². The van der Waals surface area contributed by atoms with E-state index in [0.717, 1.165) is 45.1 Å². The van der Waals surface area contributed by atoms with Gasteiger partial charge in [-0.05, 0) is 43.1 Å². The number of hydrogen-bond acceptors (Lipinski definition) is 2. The zero-order valence-corrected chi connectivity index (χ0v) is 14.6. The number of aryl methyl sites for hydroxylation is 1. The standard InChI is InChI=1S/C19H32N2O2/c1-19(2,16-22)13-7-9-15-21(18(20)23)14-8-6-12-17-10-4-3-5-11-17/h3-5,10-11,22H,6-9,12-16H2,1-2H3,(H2,20,23). The third-order valence-corrected chi connectivity index (χ3v) is 4.26. The van der Waals surface area contributed by atoms with Gasteiger partial charge in [0.2, 0.25) is 0 Å². The Morgan fingerprint density at radius 1 is 1.09 bits per heavy atom. The highest BCUT2D eigenvalue weighted by atomic mass is 16.3. The quantitative estimate of drug-likeness (QED) is 0.612. The predicted molar refractivity (Wildman–Crippen MR) is 95.3 cm³/mol. The van der Waals surface area contributed by atoms with Gasteiger partial charge in [0.05, 0.1) is 0 Å². The molecule has 130 valence electrons. The van der Waals surface area contributed by atoms with Crippen molar-refractivity contribution >= 4 is 6.03 Å². The second-order valence-electron chi connectivity index (χ2n) is 7.05. The number of amides is 2. The number of rotatable bonds is 11. The fourth-order valence-electron chi connectivity index (χ4n) is 2.59. The Morgan fingerprint density at radius 2 is 1.70 bits per heavy atom. The summed E-state index contributed by atoms with van der Waals surface area (Å²) in [6.07, 6.45) is 5.97. The van der Waals surface area contributed by atoms with Crippen molar-refractivity contribution in [3.05, 3.63) is 35.9 Å². The minimum atomic E-state index is -0.328. The number of unbranched alkanes of at least 4 members (excludes halogenated alkanes) is 2. The highest BCUT2D eigenvalue weighted by Crippen LogP contribution is 2.22. The van der Waals surface area contributed by atoms with Gasteiger partial charge >= 0.3 is 6.03 Å². The van der Waals surface area contributed by atoms with Gasteiger partial charge in [-0.25, -0.2) is 4.79 Å². The van der Waals surface area contributed by atoms with Gasteiger partial charge in [-0.15, -0.1) is 0 Å². The lowest BCUT2D eigenvalue weighted by Crippen LogP contribution is -2.37. The first-order chi connectivity index (χ1) is 10.9. The fourth-order valence-corrected chi connectivity index (χ4v) is 2.59. The molecule has 0 radical (unpaired) electrons. The Labute approximate surface area is 140 Å². The molecule has 1 aromatic rings. The highest BCUT2D eigenvalue weighted by Gasteiger charge is 2.16. The zero-order valence-electron chi connectivity index (χ0n) is 14.6. The molecule has 0 unspecified atom stereocenters. The maximum atomic E-state index is 11.5. The lowest BCUT2D eigenvalue weighted by molar-refractivity contribution is 0.145. The minimum absolute atomic E-state index is 0.0345. The Balaban J connectivity index is 2.20. The van der Waals surface area contributed by atoms with Crippen LogP contribution in [0.4, 0.5) is 4.79 Å². The van der Waals surface area contributed by atoms with Crippen molar-refractivity contribution in [2.45, 2.75) is 52.4 Å². The first-order valence-corrected chi connectivity index (χ1v) is 8.64. The summed E-state index contributed by atoms with van der Waals surface area (Å²) in [5.74, 6) is 0. The van der Waals surface area contributed by atoms with Crippen molar-refractivity contribution in [1.29, 1.82) is 0 Å². The minimum Gasteiger partial charge on any atom is -0.396 e. The van der Waals surface area contributed by atoms with E-state index in [1.807, 2.05) is 6.07 Å². The second kappa shape index (κ2) is 10.3. The summed E-state index contributed by atoms with van der Waals surface area (Å²) in [5.41, 5.74) is 6.77.